The van der Waals surface area contributed by atoms with Gasteiger partial charge in [0.25, 0.3) is 0 Å². The number of carbonyl (C=O) groups excluding carboxylic acids is 1. The zero-order valence-electron chi connectivity index (χ0n) is 17.0. The molecule has 4 rings (SSSR count). The van der Waals surface area contributed by atoms with Crippen LogP contribution in [0.4, 0.5) is 0 Å². The first kappa shape index (κ1) is 19.4. The fourth-order valence-electron chi connectivity index (χ4n) is 4.61. The molecule has 1 aromatic rings. The number of hydrogen-bond donors (Lipinski definition) is 0. The molecule has 2 saturated heterocycles. The van der Waals surface area contributed by atoms with E-state index in [1.54, 1.807) is 6.08 Å². The Labute approximate surface area is 167 Å². The molecule has 0 bridgehead atoms. The molecule has 1 aromatic carbocycles. The second-order valence-electron chi connectivity index (χ2n) is 8.79. The average Bonchev–Trinajstić information content (AvgIpc) is 3.59. The second kappa shape index (κ2) is 7.49. The molecule has 2 heterocycles. The normalized spacial score (nSPS) is 36.3. The van der Waals surface area contributed by atoms with Gasteiger partial charge >= 0.3 is 5.97 Å². The minimum Gasteiger partial charge on any atom is -0.459 e. The van der Waals surface area contributed by atoms with E-state index in [4.69, 9.17) is 14.2 Å². The number of carbonyl (C=O) groups is 1. The molecular weight excluding hydrogens is 352 g/mol. The minimum atomic E-state index is -0.275. The highest BCUT2D eigenvalue weighted by atomic mass is 16.6. The van der Waals surface area contributed by atoms with E-state index in [1.807, 2.05) is 30.3 Å². The SMILES string of the molecule is CC(C)=CC[C@H]1O[C@@]1(C)[C@H]1C[C@H](OC(=O)/C=C/c2ccccc2)CC[C@]12CO2. The van der Waals surface area contributed by atoms with Crippen molar-refractivity contribution in [3.63, 3.8) is 0 Å². The van der Waals surface area contributed by atoms with Crippen LogP contribution in [0.5, 0.6) is 0 Å². The number of ether oxygens (including phenoxy) is 3. The van der Waals surface area contributed by atoms with Crippen molar-refractivity contribution in [2.24, 2.45) is 5.92 Å². The summed E-state index contributed by atoms with van der Waals surface area (Å²) in [4.78, 5) is 12.3. The molecule has 150 valence electrons. The molecule has 2 aliphatic heterocycles. The number of epoxide rings is 2. The van der Waals surface area contributed by atoms with Gasteiger partial charge in [-0.3, -0.25) is 0 Å². The van der Waals surface area contributed by atoms with E-state index >= 15 is 0 Å². The van der Waals surface area contributed by atoms with E-state index in [1.165, 1.54) is 11.6 Å². The summed E-state index contributed by atoms with van der Waals surface area (Å²) in [5.41, 5.74) is 2.08. The number of benzene rings is 1. The van der Waals surface area contributed by atoms with E-state index in [2.05, 4.69) is 26.8 Å². The van der Waals surface area contributed by atoms with Crippen molar-refractivity contribution < 1.29 is 19.0 Å². The van der Waals surface area contributed by atoms with Crippen LogP contribution in [0.1, 0.15) is 52.0 Å². The number of esters is 1. The van der Waals surface area contributed by atoms with Crippen LogP contribution in [-0.2, 0) is 19.0 Å². The fourth-order valence-corrected chi connectivity index (χ4v) is 4.61. The van der Waals surface area contributed by atoms with Gasteiger partial charge in [0.05, 0.1) is 23.9 Å². The zero-order chi connectivity index (χ0) is 19.8. The summed E-state index contributed by atoms with van der Waals surface area (Å²) in [7, 11) is 0. The summed E-state index contributed by atoms with van der Waals surface area (Å²) >= 11 is 0. The van der Waals surface area contributed by atoms with Crippen LogP contribution in [0.15, 0.2) is 48.1 Å². The van der Waals surface area contributed by atoms with Gasteiger partial charge in [-0.25, -0.2) is 4.79 Å². The zero-order valence-corrected chi connectivity index (χ0v) is 17.0. The first-order chi connectivity index (χ1) is 13.4. The molecule has 1 spiro atoms. The minimum absolute atomic E-state index is 0.0583. The molecule has 1 aliphatic carbocycles. The number of hydrogen-bond acceptors (Lipinski definition) is 4. The average molecular weight is 383 g/mol. The predicted molar refractivity (Wildman–Crippen MR) is 109 cm³/mol. The van der Waals surface area contributed by atoms with E-state index in [0.717, 1.165) is 37.9 Å². The number of allylic oxidation sites excluding steroid dienone is 1. The fraction of sp³-hybridized carbons (Fsp3) is 0.542. The predicted octanol–water partition coefficient (Wildman–Crippen LogP) is 4.69. The van der Waals surface area contributed by atoms with E-state index < -0.39 is 0 Å². The third-order valence-electron chi connectivity index (χ3n) is 6.44. The number of rotatable bonds is 6. The van der Waals surface area contributed by atoms with Gasteiger partial charge in [0.15, 0.2) is 0 Å². The van der Waals surface area contributed by atoms with Crippen LogP contribution in [-0.4, -0.2) is 36.0 Å². The van der Waals surface area contributed by atoms with Crippen LogP contribution in [0, 0.1) is 5.92 Å². The lowest BCUT2D eigenvalue weighted by atomic mass is 9.70. The van der Waals surface area contributed by atoms with Gasteiger partial charge in [0.1, 0.15) is 6.10 Å². The second-order valence-corrected chi connectivity index (χ2v) is 8.79. The highest BCUT2D eigenvalue weighted by Gasteiger charge is 2.68. The lowest BCUT2D eigenvalue weighted by Crippen LogP contribution is -2.44. The Kier molecular flexibility index (Phi) is 5.19. The third kappa shape index (κ3) is 4.08. The van der Waals surface area contributed by atoms with Crippen molar-refractivity contribution in [3.8, 4) is 0 Å². The Morgan fingerprint density at radius 1 is 1.29 bits per heavy atom. The van der Waals surface area contributed by atoms with Crippen LogP contribution in [0.25, 0.3) is 6.08 Å². The lowest BCUT2D eigenvalue weighted by Gasteiger charge is -2.36. The molecule has 4 nitrogen and oxygen atoms in total. The molecule has 3 aliphatic rings. The van der Waals surface area contributed by atoms with Crippen LogP contribution in [0.3, 0.4) is 0 Å². The van der Waals surface area contributed by atoms with Crippen molar-refractivity contribution in [3.05, 3.63) is 53.6 Å². The smallest absolute Gasteiger partial charge is 0.331 e. The van der Waals surface area contributed by atoms with Crippen molar-refractivity contribution in [2.75, 3.05) is 6.61 Å². The van der Waals surface area contributed by atoms with Crippen LogP contribution < -0.4 is 0 Å². The molecule has 0 N–H and O–H groups in total. The summed E-state index contributed by atoms with van der Waals surface area (Å²) < 4.78 is 17.8. The van der Waals surface area contributed by atoms with Gasteiger partial charge in [-0.05, 0) is 58.1 Å². The summed E-state index contributed by atoms with van der Waals surface area (Å²) in [6, 6.07) is 9.79. The summed E-state index contributed by atoms with van der Waals surface area (Å²) in [6.45, 7) is 7.24. The largest absolute Gasteiger partial charge is 0.459 e. The Hall–Kier alpha value is -1.91. The third-order valence-corrected chi connectivity index (χ3v) is 6.44. The topological polar surface area (TPSA) is 51.4 Å². The molecule has 0 radical (unpaired) electrons. The molecule has 0 amide bonds. The maximum absolute atomic E-state index is 12.3. The first-order valence-electron chi connectivity index (χ1n) is 10.3. The van der Waals surface area contributed by atoms with Gasteiger partial charge in [-0.1, -0.05) is 42.0 Å². The monoisotopic (exact) mass is 382 g/mol. The van der Waals surface area contributed by atoms with Crippen molar-refractivity contribution in [2.45, 2.75) is 69.9 Å². The van der Waals surface area contributed by atoms with E-state index in [9.17, 15) is 4.79 Å². The van der Waals surface area contributed by atoms with E-state index in [0.29, 0.717) is 0 Å². The van der Waals surface area contributed by atoms with Gasteiger partial charge < -0.3 is 14.2 Å². The van der Waals surface area contributed by atoms with Gasteiger partial charge in [-0.15, -0.1) is 0 Å². The van der Waals surface area contributed by atoms with Crippen molar-refractivity contribution in [1.29, 1.82) is 0 Å². The van der Waals surface area contributed by atoms with E-state index in [-0.39, 0.29) is 35.3 Å². The highest BCUT2D eigenvalue weighted by molar-refractivity contribution is 5.87. The lowest BCUT2D eigenvalue weighted by molar-refractivity contribution is -0.147. The van der Waals surface area contributed by atoms with Crippen molar-refractivity contribution in [1.82, 2.24) is 0 Å². The summed E-state index contributed by atoms with van der Waals surface area (Å²) in [6.07, 6.45) is 9.28. The molecule has 5 atom stereocenters. The van der Waals surface area contributed by atoms with Crippen molar-refractivity contribution >= 4 is 12.0 Å². The summed E-state index contributed by atoms with van der Waals surface area (Å²) in [5.74, 6) is 0.00319. The van der Waals surface area contributed by atoms with Gasteiger partial charge in [-0.2, -0.15) is 0 Å². The quantitative estimate of drug-likeness (QED) is 0.310. The van der Waals surface area contributed by atoms with Crippen LogP contribution in [0.2, 0.25) is 0 Å². The summed E-state index contributed by atoms with van der Waals surface area (Å²) in [5, 5.41) is 0. The molecule has 4 heteroatoms. The van der Waals surface area contributed by atoms with Crippen LogP contribution >= 0.6 is 0 Å². The first-order valence-corrected chi connectivity index (χ1v) is 10.3. The molecular formula is C24H30O4. The molecule has 0 unspecified atom stereocenters. The molecule has 0 aromatic heterocycles. The molecule has 1 saturated carbocycles. The maximum Gasteiger partial charge on any atom is 0.331 e. The maximum atomic E-state index is 12.3. The molecule has 3 fully saturated rings. The highest BCUT2D eigenvalue weighted by Crippen LogP contribution is 2.59. The Bertz CT molecular complexity index is 773. The standard InChI is InChI=1S/C24H30O4/c1-17(2)9-11-21-23(3,28-21)20-15-19(13-14-24(20)16-26-24)27-22(25)12-10-18-7-5-4-6-8-18/h4-10,12,19-21H,11,13-16H2,1-3H3/b12-10+/t19-,20-,21-,23+,24+/m1/s1. The van der Waals surface area contributed by atoms with Gasteiger partial charge in [0.2, 0.25) is 0 Å². The Morgan fingerprint density at radius 3 is 2.71 bits per heavy atom. The Morgan fingerprint density at radius 2 is 2.04 bits per heavy atom. The van der Waals surface area contributed by atoms with Gasteiger partial charge in [0, 0.05) is 12.0 Å². The molecule has 28 heavy (non-hydrogen) atoms. The Balaban J connectivity index is 1.36.